The molecule has 2 aliphatic heterocycles. The highest BCUT2D eigenvalue weighted by atomic mass is 16.7. The maximum absolute atomic E-state index is 11.7. The van der Waals surface area contributed by atoms with E-state index in [9.17, 15) is 35.1 Å². The lowest BCUT2D eigenvalue weighted by atomic mass is 9.84. The first-order valence-corrected chi connectivity index (χ1v) is 9.11. The fraction of sp³-hybridized carbons (Fsp3) is 0.882. The van der Waals surface area contributed by atoms with Gasteiger partial charge in [0.25, 0.3) is 0 Å². The SMILES string of the molecule is COC1[C@H](C(=O)O)O[C@H](O[C@@H]2C(O)[C@H](CO)OC(C)(C)[C@H]2NC(C)=O)[C@@H](O)[C@H]1O. The summed E-state index contributed by atoms with van der Waals surface area (Å²) in [5.41, 5.74) is -1.11. The smallest absolute Gasteiger partial charge is 0.335 e. The van der Waals surface area contributed by atoms with E-state index in [4.69, 9.17) is 18.9 Å². The van der Waals surface area contributed by atoms with Crippen molar-refractivity contribution in [1.29, 1.82) is 0 Å². The molecule has 0 aliphatic carbocycles. The third-order valence-electron chi connectivity index (χ3n) is 5.14. The van der Waals surface area contributed by atoms with Gasteiger partial charge in [-0.05, 0) is 13.8 Å². The predicted molar refractivity (Wildman–Crippen MR) is 93.6 cm³/mol. The second-order valence-corrected chi connectivity index (χ2v) is 7.66. The number of aliphatic hydroxyl groups is 4. The fourth-order valence-corrected chi connectivity index (χ4v) is 3.68. The van der Waals surface area contributed by atoms with Crippen LogP contribution in [-0.4, -0.2) is 112 Å². The normalized spacial score (nSPS) is 42.3. The minimum absolute atomic E-state index is 0.456. The highest BCUT2D eigenvalue weighted by Crippen LogP contribution is 2.34. The molecule has 0 aromatic rings. The van der Waals surface area contributed by atoms with Crippen molar-refractivity contribution in [1.82, 2.24) is 5.32 Å². The summed E-state index contributed by atoms with van der Waals surface area (Å²) in [7, 11) is 1.16. The Kier molecular flexibility index (Phi) is 7.57. The van der Waals surface area contributed by atoms with Crippen molar-refractivity contribution in [2.45, 2.75) is 81.4 Å². The van der Waals surface area contributed by atoms with Crippen LogP contribution in [0.5, 0.6) is 0 Å². The molecule has 2 rings (SSSR count). The summed E-state index contributed by atoms with van der Waals surface area (Å²) in [6.45, 7) is 3.90. The molecule has 9 atom stereocenters. The zero-order chi connectivity index (χ0) is 22.1. The van der Waals surface area contributed by atoms with E-state index in [0.29, 0.717) is 0 Å². The van der Waals surface area contributed by atoms with Crippen molar-refractivity contribution in [2.24, 2.45) is 0 Å². The molecule has 168 valence electrons. The Hall–Kier alpha value is -1.38. The Bertz CT molecular complexity index is 600. The zero-order valence-corrected chi connectivity index (χ0v) is 16.6. The fourth-order valence-electron chi connectivity index (χ4n) is 3.68. The van der Waals surface area contributed by atoms with E-state index in [2.05, 4.69) is 5.32 Å². The van der Waals surface area contributed by atoms with Crippen LogP contribution >= 0.6 is 0 Å². The summed E-state index contributed by atoms with van der Waals surface area (Å²) in [5.74, 6) is -1.90. The van der Waals surface area contributed by atoms with E-state index in [1.807, 2.05) is 0 Å². The van der Waals surface area contributed by atoms with Crippen LogP contribution in [0.3, 0.4) is 0 Å². The van der Waals surface area contributed by atoms with Crippen LogP contribution in [0.15, 0.2) is 0 Å². The summed E-state index contributed by atoms with van der Waals surface area (Å²) in [5, 5.41) is 52.6. The molecule has 2 fully saturated rings. The third kappa shape index (κ3) is 4.86. The molecule has 0 spiro atoms. The summed E-state index contributed by atoms with van der Waals surface area (Å²) >= 11 is 0. The lowest BCUT2D eigenvalue weighted by Crippen LogP contribution is -2.70. The van der Waals surface area contributed by atoms with Crippen molar-refractivity contribution < 1.29 is 54.1 Å². The van der Waals surface area contributed by atoms with Crippen LogP contribution in [0, 0.1) is 0 Å². The number of carbonyl (C=O) groups is 2. The van der Waals surface area contributed by atoms with Crippen LogP contribution in [0.25, 0.3) is 0 Å². The second-order valence-electron chi connectivity index (χ2n) is 7.66. The van der Waals surface area contributed by atoms with E-state index < -0.39 is 79.1 Å². The quantitative estimate of drug-likeness (QED) is 0.255. The first-order valence-electron chi connectivity index (χ1n) is 9.11. The van der Waals surface area contributed by atoms with Gasteiger partial charge in [0.15, 0.2) is 12.4 Å². The Morgan fingerprint density at radius 1 is 1.10 bits per heavy atom. The van der Waals surface area contributed by atoms with Crippen molar-refractivity contribution in [2.75, 3.05) is 13.7 Å². The number of hydrogen-bond acceptors (Lipinski definition) is 10. The van der Waals surface area contributed by atoms with Gasteiger partial charge in [-0.2, -0.15) is 0 Å². The highest BCUT2D eigenvalue weighted by molar-refractivity contribution is 5.74. The molecule has 12 heteroatoms. The molecular formula is C17H29NO11. The highest BCUT2D eigenvalue weighted by Gasteiger charge is 2.54. The molecule has 29 heavy (non-hydrogen) atoms. The number of carboxylic acids is 1. The number of methoxy groups -OCH3 is 1. The van der Waals surface area contributed by atoms with Gasteiger partial charge in [-0.15, -0.1) is 0 Å². The number of aliphatic carboxylic acids is 1. The van der Waals surface area contributed by atoms with Gasteiger partial charge in [-0.25, -0.2) is 4.79 Å². The largest absolute Gasteiger partial charge is 0.479 e. The molecular weight excluding hydrogens is 394 g/mol. The Morgan fingerprint density at radius 2 is 1.72 bits per heavy atom. The molecule has 2 heterocycles. The molecule has 2 saturated heterocycles. The molecule has 0 bridgehead atoms. The van der Waals surface area contributed by atoms with E-state index in [1.54, 1.807) is 13.8 Å². The summed E-state index contributed by atoms with van der Waals surface area (Å²) < 4.78 is 21.5. The average Bonchev–Trinajstić information content (AvgIpc) is 2.63. The molecule has 0 radical (unpaired) electrons. The summed E-state index contributed by atoms with van der Waals surface area (Å²) in [6.07, 6.45) is -11.8. The van der Waals surface area contributed by atoms with Gasteiger partial charge >= 0.3 is 5.97 Å². The third-order valence-corrected chi connectivity index (χ3v) is 5.14. The average molecular weight is 423 g/mol. The number of hydrogen-bond donors (Lipinski definition) is 6. The molecule has 2 unspecified atom stereocenters. The van der Waals surface area contributed by atoms with E-state index in [-0.39, 0.29) is 0 Å². The van der Waals surface area contributed by atoms with Crippen molar-refractivity contribution in [3.05, 3.63) is 0 Å². The molecule has 0 aromatic heterocycles. The van der Waals surface area contributed by atoms with Gasteiger partial charge in [-0.3, -0.25) is 4.79 Å². The standard InChI is InChI=1S/C17H29NO11/c1-6(20)18-14-12(8(21)7(5-19)29-17(14,2)3)27-16-10(23)9(22)11(26-4)13(28-16)15(24)25/h7-14,16,19,21-23H,5H2,1-4H3,(H,18,20)(H,24,25)/t7-,8?,9+,10-,11?,12+,13+,14-,16-/m0/s1. The van der Waals surface area contributed by atoms with Gasteiger partial charge in [0.2, 0.25) is 5.91 Å². The number of aliphatic hydroxyl groups excluding tert-OH is 4. The Morgan fingerprint density at radius 3 is 2.21 bits per heavy atom. The molecule has 12 nitrogen and oxygen atoms in total. The van der Waals surface area contributed by atoms with Crippen LogP contribution in [0.1, 0.15) is 20.8 Å². The summed E-state index contributed by atoms with van der Waals surface area (Å²) in [4.78, 5) is 23.1. The van der Waals surface area contributed by atoms with Gasteiger partial charge < -0.3 is 49.8 Å². The van der Waals surface area contributed by atoms with E-state index >= 15 is 0 Å². The minimum atomic E-state index is -1.71. The molecule has 1 amide bonds. The number of carbonyl (C=O) groups excluding carboxylic acids is 1. The van der Waals surface area contributed by atoms with Crippen molar-refractivity contribution in [3.63, 3.8) is 0 Å². The summed E-state index contributed by atoms with van der Waals surface area (Å²) in [6, 6.07) is -0.950. The molecule has 6 N–H and O–H groups in total. The zero-order valence-electron chi connectivity index (χ0n) is 16.6. The minimum Gasteiger partial charge on any atom is -0.479 e. The second kappa shape index (κ2) is 9.18. The van der Waals surface area contributed by atoms with Crippen LogP contribution in [0.4, 0.5) is 0 Å². The number of ether oxygens (including phenoxy) is 4. The maximum Gasteiger partial charge on any atom is 0.335 e. The van der Waals surface area contributed by atoms with Gasteiger partial charge in [-0.1, -0.05) is 0 Å². The number of rotatable bonds is 6. The van der Waals surface area contributed by atoms with Gasteiger partial charge in [0.05, 0.1) is 18.2 Å². The lowest BCUT2D eigenvalue weighted by Gasteiger charge is -2.51. The first-order chi connectivity index (χ1) is 13.4. The van der Waals surface area contributed by atoms with Crippen molar-refractivity contribution in [3.8, 4) is 0 Å². The van der Waals surface area contributed by atoms with E-state index in [0.717, 1.165) is 7.11 Å². The molecule has 0 aromatic carbocycles. The van der Waals surface area contributed by atoms with Crippen molar-refractivity contribution >= 4 is 11.9 Å². The number of amides is 1. The van der Waals surface area contributed by atoms with Crippen LogP contribution in [0.2, 0.25) is 0 Å². The van der Waals surface area contributed by atoms with Gasteiger partial charge in [0, 0.05) is 14.0 Å². The van der Waals surface area contributed by atoms with Gasteiger partial charge in [0.1, 0.15) is 36.6 Å². The first kappa shape index (κ1) is 23.9. The van der Waals surface area contributed by atoms with E-state index in [1.165, 1.54) is 6.92 Å². The maximum atomic E-state index is 11.7. The Balaban J connectivity index is 2.33. The lowest BCUT2D eigenvalue weighted by molar-refractivity contribution is -0.333. The molecule has 2 aliphatic rings. The Labute approximate surface area is 167 Å². The number of nitrogens with one attached hydrogen (secondary N) is 1. The van der Waals surface area contributed by atoms with Crippen LogP contribution in [-0.2, 0) is 28.5 Å². The topological polar surface area (TPSA) is 184 Å². The predicted octanol–water partition coefficient (Wildman–Crippen LogP) is -3.05. The monoisotopic (exact) mass is 423 g/mol. The number of carboxylic acid groups (broad SMARTS) is 1. The van der Waals surface area contributed by atoms with Crippen LogP contribution < -0.4 is 5.32 Å². The molecule has 0 saturated carbocycles.